The molecule has 3 heterocycles. The number of anilines is 1. The average Bonchev–Trinajstić information content (AvgIpc) is 2.86. The van der Waals surface area contributed by atoms with Crippen LogP contribution in [0.25, 0.3) is 0 Å². The summed E-state index contributed by atoms with van der Waals surface area (Å²) in [5, 5.41) is 0. The second-order valence-corrected chi connectivity index (χ2v) is 6.70. The molecule has 19 heavy (non-hydrogen) atoms. The number of rotatable bonds is 2. The molecule has 1 unspecified atom stereocenters. The Morgan fingerprint density at radius 3 is 2.53 bits per heavy atom. The molecular weight excluding hydrogens is 302 g/mol. The Bertz CT molecular complexity index is 412. The maximum absolute atomic E-state index is 4.50. The first-order valence-corrected chi connectivity index (χ1v) is 8.15. The second-order valence-electron chi connectivity index (χ2n) is 5.78. The van der Waals surface area contributed by atoms with Crippen LogP contribution in [-0.2, 0) is 0 Å². The van der Waals surface area contributed by atoms with E-state index >= 15 is 0 Å². The molecule has 104 valence electrons. The predicted molar refractivity (Wildman–Crippen MR) is 82.6 cm³/mol. The fraction of sp³-hybridized carbons (Fsp3) is 0.667. The van der Waals surface area contributed by atoms with Crippen molar-refractivity contribution in [3.05, 3.63) is 22.8 Å². The summed E-state index contributed by atoms with van der Waals surface area (Å²) in [5.74, 6) is 1.12. The zero-order chi connectivity index (χ0) is 13.2. The topological polar surface area (TPSA) is 19.4 Å². The number of hydrogen-bond acceptors (Lipinski definition) is 3. The minimum absolute atomic E-state index is 0.794. The molecule has 2 aliphatic rings. The standard InChI is InChI=1S/C15H22BrN3/c1-12-3-2-8-19(12)14-6-9-18(10-7-14)15-5-4-13(16)11-17-15/h4-5,11-12,14H,2-3,6-10H2,1H3. The van der Waals surface area contributed by atoms with Gasteiger partial charge in [0.05, 0.1) is 0 Å². The van der Waals surface area contributed by atoms with Crippen LogP contribution in [0.5, 0.6) is 0 Å². The highest BCUT2D eigenvalue weighted by Crippen LogP contribution is 2.27. The Morgan fingerprint density at radius 1 is 1.16 bits per heavy atom. The minimum Gasteiger partial charge on any atom is -0.357 e. The van der Waals surface area contributed by atoms with Crippen molar-refractivity contribution in [1.29, 1.82) is 0 Å². The molecule has 0 aliphatic carbocycles. The van der Waals surface area contributed by atoms with Crippen molar-refractivity contribution < 1.29 is 0 Å². The van der Waals surface area contributed by atoms with Gasteiger partial charge in [0.15, 0.2) is 0 Å². The van der Waals surface area contributed by atoms with Gasteiger partial charge in [-0.05, 0) is 67.2 Å². The third-order valence-electron chi connectivity index (χ3n) is 4.57. The lowest BCUT2D eigenvalue weighted by Crippen LogP contribution is -2.46. The predicted octanol–water partition coefficient (Wildman–Crippen LogP) is 3.30. The van der Waals surface area contributed by atoms with E-state index in [0.29, 0.717) is 0 Å². The molecular formula is C15H22BrN3. The molecule has 0 saturated carbocycles. The number of nitrogens with zero attached hydrogens (tertiary/aromatic N) is 3. The maximum atomic E-state index is 4.50. The van der Waals surface area contributed by atoms with Gasteiger partial charge in [0.25, 0.3) is 0 Å². The summed E-state index contributed by atoms with van der Waals surface area (Å²) < 4.78 is 1.05. The maximum Gasteiger partial charge on any atom is 0.128 e. The van der Waals surface area contributed by atoms with Crippen molar-refractivity contribution in [2.75, 3.05) is 24.5 Å². The molecule has 1 atom stereocenters. The molecule has 0 spiro atoms. The van der Waals surface area contributed by atoms with Gasteiger partial charge < -0.3 is 4.90 Å². The lowest BCUT2D eigenvalue weighted by atomic mass is 10.0. The van der Waals surface area contributed by atoms with Crippen molar-refractivity contribution in [2.24, 2.45) is 0 Å². The number of piperidine rings is 1. The van der Waals surface area contributed by atoms with Crippen LogP contribution < -0.4 is 4.90 Å². The molecule has 4 heteroatoms. The van der Waals surface area contributed by atoms with Crippen LogP contribution >= 0.6 is 15.9 Å². The van der Waals surface area contributed by atoms with E-state index < -0.39 is 0 Å². The Kier molecular flexibility index (Phi) is 4.08. The molecule has 3 rings (SSSR count). The number of halogens is 1. The molecule has 0 N–H and O–H groups in total. The minimum atomic E-state index is 0.794. The van der Waals surface area contributed by atoms with Gasteiger partial charge in [-0.2, -0.15) is 0 Å². The van der Waals surface area contributed by atoms with Crippen LogP contribution in [0.3, 0.4) is 0 Å². The first-order chi connectivity index (χ1) is 9.24. The molecule has 2 fully saturated rings. The normalized spacial score (nSPS) is 26.0. The third-order valence-corrected chi connectivity index (χ3v) is 5.04. The molecule has 2 aliphatic heterocycles. The van der Waals surface area contributed by atoms with Gasteiger partial charge >= 0.3 is 0 Å². The lowest BCUT2D eigenvalue weighted by Gasteiger charge is -2.39. The van der Waals surface area contributed by atoms with Crippen molar-refractivity contribution in [2.45, 2.75) is 44.7 Å². The van der Waals surface area contributed by atoms with E-state index in [0.717, 1.165) is 35.5 Å². The second kappa shape index (κ2) is 5.80. The Balaban J connectivity index is 1.58. The molecule has 0 aromatic carbocycles. The van der Waals surface area contributed by atoms with Crippen LogP contribution in [0, 0.1) is 0 Å². The van der Waals surface area contributed by atoms with E-state index in [1.165, 1.54) is 32.2 Å². The summed E-state index contributed by atoms with van der Waals surface area (Å²) in [6, 6.07) is 5.78. The Hall–Kier alpha value is -0.610. The summed E-state index contributed by atoms with van der Waals surface area (Å²) >= 11 is 3.44. The fourth-order valence-electron chi connectivity index (χ4n) is 3.48. The zero-order valence-corrected chi connectivity index (χ0v) is 13.1. The van der Waals surface area contributed by atoms with Crippen molar-refractivity contribution in [3.63, 3.8) is 0 Å². The molecule has 2 saturated heterocycles. The summed E-state index contributed by atoms with van der Waals surface area (Å²) in [7, 11) is 0. The highest BCUT2D eigenvalue weighted by Gasteiger charge is 2.30. The summed E-state index contributed by atoms with van der Waals surface area (Å²) in [4.78, 5) is 9.65. The first-order valence-electron chi connectivity index (χ1n) is 7.36. The zero-order valence-electron chi connectivity index (χ0n) is 11.6. The Labute approximate surface area is 124 Å². The van der Waals surface area contributed by atoms with Gasteiger partial charge in [-0.15, -0.1) is 0 Å². The number of aromatic nitrogens is 1. The number of likely N-dealkylation sites (tertiary alicyclic amines) is 1. The van der Waals surface area contributed by atoms with Crippen molar-refractivity contribution >= 4 is 21.7 Å². The van der Waals surface area contributed by atoms with Crippen LogP contribution in [0.15, 0.2) is 22.8 Å². The van der Waals surface area contributed by atoms with E-state index in [9.17, 15) is 0 Å². The first kappa shape index (κ1) is 13.4. The highest BCUT2D eigenvalue weighted by molar-refractivity contribution is 9.10. The van der Waals surface area contributed by atoms with Gasteiger partial charge in [0.2, 0.25) is 0 Å². The third kappa shape index (κ3) is 2.95. The number of pyridine rings is 1. The molecule has 0 bridgehead atoms. The quantitative estimate of drug-likeness (QED) is 0.832. The van der Waals surface area contributed by atoms with E-state index in [-0.39, 0.29) is 0 Å². The molecule has 3 nitrogen and oxygen atoms in total. The summed E-state index contributed by atoms with van der Waals surface area (Å²) in [6.45, 7) is 5.98. The molecule has 0 radical (unpaired) electrons. The Morgan fingerprint density at radius 2 is 1.95 bits per heavy atom. The lowest BCUT2D eigenvalue weighted by molar-refractivity contribution is 0.163. The van der Waals surface area contributed by atoms with E-state index in [2.05, 4.69) is 49.8 Å². The van der Waals surface area contributed by atoms with Crippen molar-refractivity contribution in [3.8, 4) is 0 Å². The van der Waals surface area contributed by atoms with Crippen LogP contribution in [0.4, 0.5) is 5.82 Å². The summed E-state index contributed by atoms with van der Waals surface area (Å²) in [6.07, 6.45) is 7.22. The monoisotopic (exact) mass is 323 g/mol. The fourth-order valence-corrected chi connectivity index (χ4v) is 3.71. The summed E-state index contributed by atoms with van der Waals surface area (Å²) in [5.41, 5.74) is 0. The van der Waals surface area contributed by atoms with E-state index in [4.69, 9.17) is 0 Å². The van der Waals surface area contributed by atoms with Gasteiger partial charge in [0.1, 0.15) is 5.82 Å². The van der Waals surface area contributed by atoms with Gasteiger partial charge in [-0.3, -0.25) is 4.90 Å². The van der Waals surface area contributed by atoms with E-state index in [1.54, 1.807) is 0 Å². The molecule has 1 aromatic rings. The number of hydrogen-bond donors (Lipinski definition) is 0. The smallest absolute Gasteiger partial charge is 0.128 e. The molecule has 0 amide bonds. The van der Waals surface area contributed by atoms with Gasteiger partial charge in [0, 0.05) is 35.8 Å². The SMILES string of the molecule is CC1CCCN1C1CCN(c2ccc(Br)cn2)CC1. The van der Waals surface area contributed by atoms with Crippen LogP contribution in [0.1, 0.15) is 32.6 Å². The average molecular weight is 324 g/mol. The van der Waals surface area contributed by atoms with E-state index in [1.807, 2.05) is 6.20 Å². The van der Waals surface area contributed by atoms with Crippen LogP contribution in [0.2, 0.25) is 0 Å². The van der Waals surface area contributed by atoms with Gasteiger partial charge in [-0.1, -0.05) is 0 Å². The highest BCUT2D eigenvalue weighted by atomic mass is 79.9. The largest absolute Gasteiger partial charge is 0.357 e. The van der Waals surface area contributed by atoms with Crippen LogP contribution in [-0.4, -0.2) is 41.6 Å². The van der Waals surface area contributed by atoms with Gasteiger partial charge in [-0.25, -0.2) is 4.98 Å². The molecule has 1 aromatic heterocycles. The van der Waals surface area contributed by atoms with Crippen molar-refractivity contribution in [1.82, 2.24) is 9.88 Å².